The number of aromatic nitrogens is 1. The van der Waals surface area contributed by atoms with Crippen LogP contribution in [0.15, 0.2) is 34.2 Å². The van der Waals surface area contributed by atoms with E-state index >= 15 is 0 Å². The Bertz CT molecular complexity index is 542. The largest absolute Gasteiger partial charge is 0.484 e. The number of hydrogen-bond acceptors (Lipinski definition) is 5. The summed E-state index contributed by atoms with van der Waals surface area (Å²) in [5.74, 6) is 0.0965. The number of carbonyl (C=O) groups is 1. The minimum atomic E-state index is -0.401. The Balaban J connectivity index is 2.14. The number of thiophene rings is 1. The number of pyridine rings is 1. The SMILES string of the molecule is COC(=O)c1scc(Br)c1OCc1ccccn1. The number of ether oxygens (including phenoxy) is 2. The van der Waals surface area contributed by atoms with E-state index in [9.17, 15) is 4.79 Å². The summed E-state index contributed by atoms with van der Waals surface area (Å²) in [6, 6.07) is 5.58. The highest BCUT2D eigenvalue weighted by Crippen LogP contribution is 2.35. The van der Waals surface area contributed by atoms with E-state index in [2.05, 4.69) is 20.9 Å². The van der Waals surface area contributed by atoms with Crippen LogP contribution >= 0.6 is 27.3 Å². The molecule has 0 bridgehead atoms. The maximum absolute atomic E-state index is 11.5. The normalized spacial score (nSPS) is 10.1. The Morgan fingerprint density at radius 3 is 3.00 bits per heavy atom. The highest BCUT2D eigenvalue weighted by Gasteiger charge is 2.19. The van der Waals surface area contributed by atoms with E-state index in [0.717, 1.165) is 10.2 Å². The molecule has 0 radical (unpaired) electrons. The van der Waals surface area contributed by atoms with E-state index in [4.69, 9.17) is 9.47 Å². The Hall–Kier alpha value is -1.40. The van der Waals surface area contributed by atoms with Crippen LogP contribution in [0.2, 0.25) is 0 Å². The molecule has 0 atom stereocenters. The highest BCUT2D eigenvalue weighted by molar-refractivity contribution is 9.10. The van der Waals surface area contributed by atoms with E-state index in [-0.39, 0.29) is 0 Å². The average molecular weight is 328 g/mol. The third kappa shape index (κ3) is 2.88. The van der Waals surface area contributed by atoms with Gasteiger partial charge < -0.3 is 9.47 Å². The van der Waals surface area contributed by atoms with Crippen molar-refractivity contribution in [2.45, 2.75) is 6.61 Å². The lowest BCUT2D eigenvalue weighted by Crippen LogP contribution is -2.03. The molecule has 0 unspecified atom stereocenters. The molecule has 0 aliphatic rings. The number of hydrogen-bond donors (Lipinski definition) is 0. The lowest BCUT2D eigenvalue weighted by molar-refractivity contribution is 0.0601. The third-order valence-electron chi connectivity index (χ3n) is 2.16. The van der Waals surface area contributed by atoms with Gasteiger partial charge in [0.05, 0.1) is 17.3 Å². The molecule has 0 saturated carbocycles. The lowest BCUT2D eigenvalue weighted by Gasteiger charge is -2.06. The molecule has 2 aromatic rings. The van der Waals surface area contributed by atoms with Gasteiger partial charge in [-0.25, -0.2) is 4.79 Å². The zero-order valence-electron chi connectivity index (χ0n) is 9.55. The standard InChI is InChI=1S/C12H10BrNO3S/c1-16-12(15)11-10(9(13)7-18-11)17-6-8-4-2-3-5-14-8/h2-5,7H,6H2,1H3. The highest BCUT2D eigenvalue weighted by atomic mass is 79.9. The van der Waals surface area contributed by atoms with Gasteiger partial charge in [-0.15, -0.1) is 11.3 Å². The maximum Gasteiger partial charge on any atom is 0.351 e. The van der Waals surface area contributed by atoms with Gasteiger partial charge in [0.1, 0.15) is 6.61 Å². The number of rotatable bonds is 4. The summed E-state index contributed by atoms with van der Waals surface area (Å²) in [5, 5.41) is 1.79. The summed E-state index contributed by atoms with van der Waals surface area (Å²) in [4.78, 5) is 16.1. The van der Waals surface area contributed by atoms with Gasteiger partial charge >= 0.3 is 5.97 Å². The van der Waals surface area contributed by atoms with Crippen molar-refractivity contribution in [2.75, 3.05) is 7.11 Å². The van der Waals surface area contributed by atoms with Crippen LogP contribution in [0.3, 0.4) is 0 Å². The molecule has 0 spiro atoms. The quantitative estimate of drug-likeness (QED) is 0.808. The molecule has 2 rings (SSSR count). The Labute approximate surface area is 117 Å². The molecule has 0 N–H and O–H groups in total. The monoisotopic (exact) mass is 327 g/mol. The van der Waals surface area contributed by atoms with Crippen LogP contribution in [0.5, 0.6) is 5.75 Å². The van der Waals surface area contributed by atoms with Crippen molar-refractivity contribution in [3.63, 3.8) is 0 Å². The molecule has 0 amide bonds. The topological polar surface area (TPSA) is 48.4 Å². The van der Waals surface area contributed by atoms with Gasteiger partial charge in [-0.1, -0.05) is 6.07 Å². The molecular weight excluding hydrogens is 318 g/mol. The molecule has 2 aromatic heterocycles. The van der Waals surface area contributed by atoms with Crippen molar-refractivity contribution in [2.24, 2.45) is 0 Å². The van der Waals surface area contributed by atoms with Crippen LogP contribution in [0, 0.1) is 0 Å². The van der Waals surface area contributed by atoms with Crippen molar-refractivity contribution >= 4 is 33.2 Å². The zero-order chi connectivity index (χ0) is 13.0. The van der Waals surface area contributed by atoms with Crippen molar-refractivity contribution in [1.29, 1.82) is 0 Å². The molecule has 94 valence electrons. The Kier molecular flexibility index (Phi) is 4.33. The third-order valence-corrected chi connectivity index (χ3v) is 4.00. The predicted octanol–water partition coefficient (Wildman–Crippen LogP) is 3.27. The second kappa shape index (κ2) is 5.97. The van der Waals surface area contributed by atoms with E-state index in [0.29, 0.717) is 17.2 Å². The van der Waals surface area contributed by atoms with Crippen molar-refractivity contribution < 1.29 is 14.3 Å². The Morgan fingerprint density at radius 2 is 2.33 bits per heavy atom. The smallest absolute Gasteiger partial charge is 0.351 e. The summed E-state index contributed by atoms with van der Waals surface area (Å²) in [6.07, 6.45) is 1.70. The van der Waals surface area contributed by atoms with Crippen molar-refractivity contribution in [1.82, 2.24) is 4.98 Å². The summed E-state index contributed by atoms with van der Waals surface area (Å²) in [7, 11) is 1.35. The van der Waals surface area contributed by atoms with Gasteiger partial charge in [0.15, 0.2) is 10.6 Å². The molecule has 0 fully saturated rings. The van der Waals surface area contributed by atoms with E-state index < -0.39 is 5.97 Å². The fourth-order valence-electron chi connectivity index (χ4n) is 1.32. The molecule has 0 aromatic carbocycles. The van der Waals surface area contributed by atoms with Crippen LogP contribution in [-0.2, 0) is 11.3 Å². The minimum Gasteiger partial charge on any atom is -0.484 e. The number of carbonyl (C=O) groups excluding carboxylic acids is 1. The first-order valence-electron chi connectivity index (χ1n) is 5.10. The molecule has 4 nitrogen and oxygen atoms in total. The maximum atomic E-state index is 11.5. The molecular formula is C12H10BrNO3S. The van der Waals surface area contributed by atoms with Crippen molar-refractivity contribution in [3.8, 4) is 5.75 Å². The van der Waals surface area contributed by atoms with Gasteiger partial charge in [-0.05, 0) is 28.1 Å². The van der Waals surface area contributed by atoms with Crippen LogP contribution in [0.4, 0.5) is 0 Å². The molecule has 0 aliphatic heterocycles. The van der Waals surface area contributed by atoms with Crippen molar-refractivity contribution in [3.05, 3.63) is 44.8 Å². The van der Waals surface area contributed by atoms with Crippen LogP contribution < -0.4 is 4.74 Å². The van der Waals surface area contributed by atoms with Gasteiger partial charge in [0.2, 0.25) is 0 Å². The minimum absolute atomic E-state index is 0.306. The van der Waals surface area contributed by atoms with Crippen LogP contribution in [0.1, 0.15) is 15.4 Å². The summed E-state index contributed by atoms with van der Waals surface area (Å²) in [6.45, 7) is 0.306. The summed E-state index contributed by atoms with van der Waals surface area (Å²) in [5.41, 5.74) is 0.798. The van der Waals surface area contributed by atoms with E-state index in [1.54, 1.807) is 11.6 Å². The number of halogens is 1. The van der Waals surface area contributed by atoms with Crippen LogP contribution in [-0.4, -0.2) is 18.1 Å². The van der Waals surface area contributed by atoms with E-state index in [1.807, 2.05) is 18.2 Å². The second-order valence-corrected chi connectivity index (χ2v) is 5.08. The van der Waals surface area contributed by atoms with E-state index in [1.165, 1.54) is 18.4 Å². The molecule has 6 heteroatoms. The summed E-state index contributed by atoms with van der Waals surface area (Å²) >= 11 is 4.62. The van der Waals surface area contributed by atoms with Gasteiger partial charge in [-0.3, -0.25) is 4.98 Å². The number of esters is 1. The average Bonchev–Trinajstić information content (AvgIpc) is 2.78. The van der Waals surface area contributed by atoms with Gasteiger partial charge in [0, 0.05) is 11.6 Å². The molecule has 2 heterocycles. The zero-order valence-corrected chi connectivity index (χ0v) is 12.0. The predicted molar refractivity (Wildman–Crippen MR) is 71.9 cm³/mol. The first-order chi connectivity index (χ1) is 8.72. The fourth-order valence-corrected chi connectivity index (χ4v) is 2.83. The number of nitrogens with zero attached hydrogens (tertiary/aromatic N) is 1. The molecule has 0 aliphatic carbocycles. The fraction of sp³-hybridized carbons (Fsp3) is 0.167. The first kappa shape index (κ1) is 13.0. The molecule has 18 heavy (non-hydrogen) atoms. The summed E-state index contributed by atoms with van der Waals surface area (Å²) < 4.78 is 11.1. The Morgan fingerprint density at radius 1 is 1.50 bits per heavy atom. The van der Waals surface area contributed by atoms with Gasteiger partial charge in [-0.2, -0.15) is 0 Å². The van der Waals surface area contributed by atoms with Crippen LogP contribution in [0.25, 0.3) is 0 Å². The molecule has 0 saturated heterocycles. The second-order valence-electron chi connectivity index (χ2n) is 3.34. The van der Waals surface area contributed by atoms with Gasteiger partial charge in [0.25, 0.3) is 0 Å². The number of methoxy groups -OCH3 is 1. The lowest BCUT2D eigenvalue weighted by atomic mass is 10.3. The first-order valence-corrected chi connectivity index (χ1v) is 6.77.